The molecular weight excluding hydrogens is 446 g/mol. The smallest absolute Gasteiger partial charge is 0.307 e. The maximum atomic E-state index is 14.5. The maximum Gasteiger partial charge on any atom is 0.307 e. The summed E-state index contributed by atoms with van der Waals surface area (Å²) in [4.78, 5) is 0. The highest BCUT2D eigenvalue weighted by molar-refractivity contribution is 7.74. The number of benzene rings is 4. The molecule has 5 rings (SSSR count). The van der Waals surface area contributed by atoms with Crippen LogP contribution in [-0.2, 0) is 9.09 Å². The summed E-state index contributed by atoms with van der Waals surface area (Å²) in [5.41, 5.74) is 3.34. The van der Waals surface area contributed by atoms with Crippen LogP contribution in [0.3, 0.4) is 0 Å². The molecule has 0 bridgehead atoms. The largest absolute Gasteiger partial charge is 0.436 e. The van der Waals surface area contributed by atoms with E-state index >= 15 is 0 Å². The Bertz CT molecular complexity index is 1360. The monoisotopic (exact) mass is 462 g/mol. The number of hydrogen-bond donors (Lipinski definition) is 0. The van der Waals surface area contributed by atoms with Gasteiger partial charge in [0.1, 0.15) is 5.76 Å². The van der Waals surface area contributed by atoms with Gasteiger partial charge in [0.15, 0.2) is 0 Å². The second-order valence-corrected chi connectivity index (χ2v) is 10.4. The highest BCUT2D eigenvalue weighted by Gasteiger charge is 2.39. The summed E-state index contributed by atoms with van der Waals surface area (Å²) in [6, 6.07) is 32.0. The molecule has 4 aromatic rings. The number of rotatable bonds is 3. The third kappa shape index (κ3) is 3.62. The molecule has 4 aromatic carbocycles. The first kappa shape index (κ1) is 20.2. The molecular formula is C26H17Cl2O2P. The predicted molar refractivity (Wildman–Crippen MR) is 130 cm³/mol. The molecule has 0 radical (unpaired) electrons. The van der Waals surface area contributed by atoms with Crippen LogP contribution >= 0.6 is 30.6 Å². The molecule has 152 valence electrons. The molecule has 0 saturated heterocycles. The minimum atomic E-state index is -3.40. The van der Waals surface area contributed by atoms with Crippen molar-refractivity contribution in [3.8, 4) is 0 Å². The van der Waals surface area contributed by atoms with Crippen LogP contribution in [0.2, 0.25) is 10.0 Å². The van der Waals surface area contributed by atoms with Crippen LogP contribution in [0.4, 0.5) is 0 Å². The fraction of sp³-hybridized carbons (Fsp3) is 0. The van der Waals surface area contributed by atoms with Crippen LogP contribution in [-0.4, -0.2) is 0 Å². The van der Waals surface area contributed by atoms with Crippen molar-refractivity contribution in [2.45, 2.75) is 0 Å². The number of fused-ring (bicyclic) bond motifs is 1. The van der Waals surface area contributed by atoms with E-state index in [0.717, 1.165) is 22.3 Å². The van der Waals surface area contributed by atoms with Gasteiger partial charge < -0.3 is 4.52 Å². The van der Waals surface area contributed by atoms with Gasteiger partial charge in [-0.1, -0.05) is 83.9 Å². The lowest BCUT2D eigenvalue weighted by Gasteiger charge is -2.31. The first-order chi connectivity index (χ1) is 15.1. The summed E-state index contributed by atoms with van der Waals surface area (Å²) in [5, 5.41) is 2.51. The average Bonchev–Trinajstić information content (AvgIpc) is 2.79. The summed E-state index contributed by atoms with van der Waals surface area (Å²) >= 11 is 12.6. The van der Waals surface area contributed by atoms with Crippen LogP contribution in [0.5, 0.6) is 0 Å². The van der Waals surface area contributed by atoms with Gasteiger partial charge in [0.05, 0.1) is 10.6 Å². The summed E-state index contributed by atoms with van der Waals surface area (Å²) in [6.07, 6.45) is 0. The normalized spacial score (nSPS) is 17.7. The second-order valence-electron chi connectivity index (χ2n) is 7.22. The molecule has 0 spiro atoms. The van der Waals surface area contributed by atoms with E-state index < -0.39 is 7.37 Å². The molecule has 31 heavy (non-hydrogen) atoms. The molecule has 2 nitrogen and oxygen atoms in total. The Hall–Kier alpha value is -2.77. The maximum absolute atomic E-state index is 14.5. The molecule has 1 atom stereocenters. The van der Waals surface area contributed by atoms with Gasteiger partial charge in [0.25, 0.3) is 0 Å². The highest BCUT2D eigenvalue weighted by Crippen LogP contribution is 2.56. The van der Waals surface area contributed by atoms with Gasteiger partial charge in [-0.3, -0.25) is 4.57 Å². The van der Waals surface area contributed by atoms with Crippen LogP contribution in [0.15, 0.2) is 103 Å². The van der Waals surface area contributed by atoms with Gasteiger partial charge in [-0.25, -0.2) is 0 Å². The van der Waals surface area contributed by atoms with Gasteiger partial charge in [-0.05, 0) is 48.0 Å². The molecule has 0 fully saturated rings. The first-order valence-corrected chi connectivity index (χ1v) is 12.2. The zero-order valence-corrected chi connectivity index (χ0v) is 18.7. The summed E-state index contributed by atoms with van der Waals surface area (Å²) in [7, 11) is -3.40. The van der Waals surface area contributed by atoms with Gasteiger partial charge in [-0.2, -0.15) is 0 Å². The molecule has 1 aliphatic rings. The van der Waals surface area contributed by atoms with Crippen molar-refractivity contribution in [2.24, 2.45) is 0 Å². The Labute approximate surface area is 191 Å². The fourth-order valence-corrected chi connectivity index (χ4v) is 6.53. The van der Waals surface area contributed by atoms with Crippen molar-refractivity contribution >= 4 is 52.5 Å². The topological polar surface area (TPSA) is 26.3 Å². The highest BCUT2D eigenvalue weighted by atomic mass is 35.5. The number of hydrogen-bond acceptors (Lipinski definition) is 2. The zero-order valence-electron chi connectivity index (χ0n) is 16.3. The molecule has 1 heterocycles. The molecule has 0 saturated carbocycles. The summed E-state index contributed by atoms with van der Waals surface area (Å²) in [5.74, 6) is 0.524. The van der Waals surface area contributed by atoms with Crippen molar-refractivity contribution in [1.29, 1.82) is 0 Å². The van der Waals surface area contributed by atoms with Crippen LogP contribution < -0.4 is 10.6 Å². The first-order valence-electron chi connectivity index (χ1n) is 9.78. The molecule has 0 amide bonds. The minimum absolute atomic E-state index is 0.524. The lowest BCUT2D eigenvalue weighted by atomic mass is 9.94. The van der Waals surface area contributed by atoms with Crippen molar-refractivity contribution in [3.63, 3.8) is 0 Å². The molecule has 0 aromatic heterocycles. The molecule has 1 unspecified atom stereocenters. The molecule has 0 N–H and O–H groups in total. The lowest BCUT2D eigenvalue weighted by molar-refractivity contribution is 0.480. The number of halogens is 2. The van der Waals surface area contributed by atoms with Gasteiger partial charge in [0, 0.05) is 26.7 Å². The van der Waals surface area contributed by atoms with E-state index in [0.29, 0.717) is 26.4 Å². The molecule has 5 heteroatoms. The van der Waals surface area contributed by atoms with Crippen molar-refractivity contribution < 1.29 is 9.09 Å². The van der Waals surface area contributed by atoms with Gasteiger partial charge in [-0.15, -0.1) is 0 Å². The standard InChI is InChI=1S/C26H17Cl2O2P/c27-20-10-6-8-18(16-20)25-23-14-4-5-15-24(23)31(29,22-12-2-1-3-13-22)30-26(25)19-9-7-11-21(28)17-19/h1-17H. The van der Waals surface area contributed by atoms with Gasteiger partial charge >= 0.3 is 7.37 Å². The lowest BCUT2D eigenvalue weighted by Crippen LogP contribution is -2.25. The van der Waals surface area contributed by atoms with E-state index in [2.05, 4.69) is 0 Å². The third-order valence-electron chi connectivity index (χ3n) is 5.23. The Morgan fingerprint density at radius 2 is 1.26 bits per heavy atom. The Kier molecular flexibility index (Phi) is 5.24. The van der Waals surface area contributed by atoms with Crippen molar-refractivity contribution in [1.82, 2.24) is 0 Å². The second kappa shape index (κ2) is 8.05. The van der Waals surface area contributed by atoms with E-state index in [1.165, 1.54) is 0 Å². The van der Waals surface area contributed by atoms with Crippen LogP contribution in [0, 0.1) is 0 Å². The van der Waals surface area contributed by atoms with E-state index in [-0.39, 0.29) is 0 Å². The Balaban J connectivity index is 1.86. The van der Waals surface area contributed by atoms with Crippen molar-refractivity contribution in [3.05, 3.63) is 130 Å². The Morgan fingerprint density at radius 1 is 0.645 bits per heavy atom. The van der Waals surface area contributed by atoms with E-state index in [4.69, 9.17) is 27.7 Å². The fourth-order valence-electron chi connectivity index (χ4n) is 3.86. The molecule has 0 aliphatic carbocycles. The SMILES string of the molecule is O=P1(c2ccccc2)OC(c2cccc(Cl)c2)=C(c2cccc(Cl)c2)c2ccccc21. The van der Waals surface area contributed by atoms with Crippen LogP contribution in [0.25, 0.3) is 11.3 Å². The van der Waals surface area contributed by atoms with E-state index in [1.807, 2.05) is 97.1 Å². The third-order valence-corrected chi connectivity index (χ3v) is 8.15. The van der Waals surface area contributed by atoms with Crippen molar-refractivity contribution in [2.75, 3.05) is 0 Å². The minimum Gasteiger partial charge on any atom is -0.436 e. The zero-order chi connectivity index (χ0) is 21.4. The molecule has 1 aliphatic heterocycles. The summed E-state index contributed by atoms with van der Waals surface area (Å²) in [6.45, 7) is 0. The Morgan fingerprint density at radius 3 is 1.97 bits per heavy atom. The van der Waals surface area contributed by atoms with E-state index in [1.54, 1.807) is 6.07 Å². The summed E-state index contributed by atoms with van der Waals surface area (Å²) < 4.78 is 20.9. The van der Waals surface area contributed by atoms with Crippen LogP contribution in [0.1, 0.15) is 16.7 Å². The van der Waals surface area contributed by atoms with Gasteiger partial charge in [0.2, 0.25) is 0 Å². The van der Waals surface area contributed by atoms with E-state index in [9.17, 15) is 4.57 Å². The quantitative estimate of drug-likeness (QED) is 0.301. The predicted octanol–water partition coefficient (Wildman–Crippen LogP) is 7.17. The average molecular weight is 463 g/mol.